The van der Waals surface area contributed by atoms with Gasteiger partial charge in [0.25, 0.3) is 0 Å². The molecule has 7 nitrogen and oxygen atoms in total. The standard InChI is InChI=1S/C25H31N5O2/c1-26-25(30-13-11-29(12-14-30)18-24-10-15-32-28-24)27-17-22-8-5-9-23(16-22)20-31-19-21-6-3-2-4-7-21/h2-10,15-16H,11-14,17-20H2,1H3,(H,26,27). The first kappa shape index (κ1) is 22.0. The summed E-state index contributed by atoms with van der Waals surface area (Å²) in [5, 5.41) is 7.52. The molecule has 3 aromatic rings. The molecule has 0 bridgehead atoms. The van der Waals surface area contributed by atoms with Gasteiger partial charge in [0.15, 0.2) is 5.96 Å². The van der Waals surface area contributed by atoms with Crippen molar-refractivity contribution in [1.29, 1.82) is 0 Å². The summed E-state index contributed by atoms with van der Waals surface area (Å²) in [4.78, 5) is 9.20. The monoisotopic (exact) mass is 433 g/mol. The van der Waals surface area contributed by atoms with Crippen LogP contribution in [0.3, 0.4) is 0 Å². The second-order valence-electron chi connectivity index (χ2n) is 7.95. The van der Waals surface area contributed by atoms with Gasteiger partial charge in [0.1, 0.15) is 6.26 Å². The smallest absolute Gasteiger partial charge is 0.194 e. The molecule has 4 rings (SSSR count). The maximum Gasteiger partial charge on any atom is 0.194 e. The van der Waals surface area contributed by atoms with E-state index in [2.05, 4.69) is 61.7 Å². The fraction of sp³-hybridized carbons (Fsp3) is 0.360. The predicted octanol–water partition coefficient (Wildman–Crippen LogP) is 3.28. The summed E-state index contributed by atoms with van der Waals surface area (Å²) in [5.41, 5.74) is 4.57. The summed E-state index contributed by atoms with van der Waals surface area (Å²) in [7, 11) is 1.85. The summed E-state index contributed by atoms with van der Waals surface area (Å²) in [5.74, 6) is 0.941. The first-order chi connectivity index (χ1) is 15.8. The molecule has 0 aliphatic carbocycles. The number of nitrogens with one attached hydrogen (secondary N) is 1. The van der Waals surface area contributed by atoms with Crippen molar-refractivity contribution in [3.05, 3.63) is 89.3 Å². The van der Waals surface area contributed by atoms with Crippen molar-refractivity contribution in [1.82, 2.24) is 20.3 Å². The molecule has 32 heavy (non-hydrogen) atoms. The molecule has 2 aromatic carbocycles. The molecule has 0 radical (unpaired) electrons. The summed E-state index contributed by atoms with van der Waals surface area (Å²) in [6, 6.07) is 20.7. The molecule has 1 N–H and O–H groups in total. The Morgan fingerprint density at radius 1 is 0.969 bits per heavy atom. The van der Waals surface area contributed by atoms with E-state index in [1.807, 2.05) is 31.3 Å². The maximum atomic E-state index is 5.88. The van der Waals surface area contributed by atoms with Gasteiger partial charge in [0.05, 0.1) is 18.9 Å². The minimum atomic E-state index is 0.602. The zero-order valence-corrected chi connectivity index (χ0v) is 18.6. The van der Waals surface area contributed by atoms with Crippen molar-refractivity contribution in [3.8, 4) is 0 Å². The Morgan fingerprint density at radius 2 is 1.72 bits per heavy atom. The summed E-state index contributed by atoms with van der Waals surface area (Å²) in [6.07, 6.45) is 1.63. The van der Waals surface area contributed by atoms with Crippen LogP contribution in [-0.4, -0.2) is 54.1 Å². The Balaban J connectivity index is 1.22. The van der Waals surface area contributed by atoms with Crippen molar-refractivity contribution >= 4 is 5.96 Å². The molecule has 7 heteroatoms. The first-order valence-electron chi connectivity index (χ1n) is 11.1. The number of nitrogens with zero attached hydrogens (tertiary/aromatic N) is 4. The molecule has 1 aliphatic rings. The molecule has 1 aromatic heterocycles. The van der Waals surface area contributed by atoms with Gasteiger partial charge < -0.3 is 19.5 Å². The molecule has 1 aliphatic heterocycles. The van der Waals surface area contributed by atoms with Crippen LogP contribution in [0.15, 0.2) is 76.4 Å². The minimum Gasteiger partial charge on any atom is -0.372 e. The normalized spacial score (nSPS) is 15.2. The average Bonchev–Trinajstić information content (AvgIpc) is 3.35. The van der Waals surface area contributed by atoms with Gasteiger partial charge >= 0.3 is 0 Å². The molecular weight excluding hydrogens is 402 g/mol. The molecule has 1 fully saturated rings. The van der Waals surface area contributed by atoms with Crippen LogP contribution < -0.4 is 5.32 Å². The molecular formula is C25H31N5O2. The highest BCUT2D eigenvalue weighted by atomic mass is 16.5. The summed E-state index contributed by atoms with van der Waals surface area (Å²) >= 11 is 0. The van der Waals surface area contributed by atoms with Crippen molar-refractivity contribution in [2.45, 2.75) is 26.3 Å². The topological polar surface area (TPSA) is 66.1 Å². The molecule has 0 atom stereocenters. The van der Waals surface area contributed by atoms with E-state index in [0.29, 0.717) is 13.2 Å². The molecule has 2 heterocycles. The van der Waals surface area contributed by atoms with E-state index < -0.39 is 0 Å². The zero-order valence-electron chi connectivity index (χ0n) is 18.6. The van der Waals surface area contributed by atoms with Crippen LogP contribution >= 0.6 is 0 Å². The van der Waals surface area contributed by atoms with E-state index in [4.69, 9.17) is 9.26 Å². The van der Waals surface area contributed by atoms with Gasteiger partial charge in [-0.2, -0.15) is 0 Å². The predicted molar refractivity (Wildman–Crippen MR) is 125 cm³/mol. The Kier molecular flexibility index (Phi) is 7.89. The van der Waals surface area contributed by atoms with Gasteiger partial charge in [-0.05, 0) is 16.7 Å². The van der Waals surface area contributed by atoms with E-state index in [9.17, 15) is 0 Å². The fourth-order valence-electron chi connectivity index (χ4n) is 3.87. The van der Waals surface area contributed by atoms with Crippen LogP contribution in [0, 0.1) is 0 Å². The molecule has 0 amide bonds. The highest BCUT2D eigenvalue weighted by molar-refractivity contribution is 5.80. The lowest BCUT2D eigenvalue weighted by Crippen LogP contribution is -2.52. The number of guanidine groups is 1. The highest BCUT2D eigenvalue weighted by Gasteiger charge is 2.20. The third-order valence-corrected chi connectivity index (χ3v) is 5.58. The number of hydrogen-bond donors (Lipinski definition) is 1. The van der Waals surface area contributed by atoms with E-state index in [0.717, 1.165) is 50.9 Å². The van der Waals surface area contributed by atoms with Crippen LogP contribution in [0.4, 0.5) is 0 Å². The Bertz CT molecular complexity index is 967. The lowest BCUT2D eigenvalue weighted by atomic mass is 10.1. The largest absolute Gasteiger partial charge is 0.372 e. The molecule has 1 saturated heterocycles. The zero-order chi connectivity index (χ0) is 22.0. The van der Waals surface area contributed by atoms with Crippen molar-refractivity contribution in [2.24, 2.45) is 4.99 Å². The Hall–Kier alpha value is -3.16. The second-order valence-corrected chi connectivity index (χ2v) is 7.95. The maximum absolute atomic E-state index is 5.88. The van der Waals surface area contributed by atoms with Crippen LogP contribution in [0.2, 0.25) is 0 Å². The number of hydrogen-bond acceptors (Lipinski definition) is 5. The Labute approximate surface area is 189 Å². The lowest BCUT2D eigenvalue weighted by molar-refractivity contribution is 0.107. The minimum absolute atomic E-state index is 0.602. The Morgan fingerprint density at radius 3 is 2.47 bits per heavy atom. The van der Waals surface area contributed by atoms with Gasteiger partial charge in [-0.1, -0.05) is 59.8 Å². The van der Waals surface area contributed by atoms with Crippen molar-refractivity contribution < 1.29 is 9.26 Å². The van der Waals surface area contributed by atoms with E-state index in [1.54, 1.807) is 6.26 Å². The van der Waals surface area contributed by atoms with E-state index >= 15 is 0 Å². The summed E-state index contributed by atoms with van der Waals surface area (Å²) < 4.78 is 10.8. The highest BCUT2D eigenvalue weighted by Crippen LogP contribution is 2.10. The lowest BCUT2D eigenvalue weighted by Gasteiger charge is -2.36. The number of piperazine rings is 1. The van der Waals surface area contributed by atoms with Crippen LogP contribution in [-0.2, 0) is 31.0 Å². The SMILES string of the molecule is CN=C(NCc1cccc(COCc2ccccc2)c1)N1CCN(Cc2ccon2)CC1. The van der Waals surface area contributed by atoms with Gasteiger partial charge in [-0.25, -0.2) is 0 Å². The van der Waals surface area contributed by atoms with Crippen LogP contribution in [0.1, 0.15) is 22.4 Å². The van der Waals surface area contributed by atoms with E-state index in [1.165, 1.54) is 16.7 Å². The van der Waals surface area contributed by atoms with E-state index in [-0.39, 0.29) is 0 Å². The van der Waals surface area contributed by atoms with Gasteiger partial charge in [-0.3, -0.25) is 9.89 Å². The number of rotatable bonds is 8. The fourth-order valence-corrected chi connectivity index (χ4v) is 3.87. The van der Waals surface area contributed by atoms with Crippen molar-refractivity contribution in [2.75, 3.05) is 33.2 Å². The van der Waals surface area contributed by atoms with Crippen molar-refractivity contribution in [3.63, 3.8) is 0 Å². The van der Waals surface area contributed by atoms with Gasteiger partial charge in [-0.15, -0.1) is 0 Å². The third kappa shape index (κ3) is 6.42. The second kappa shape index (κ2) is 11.5. The number of aromatic nitrogens is 1. The third-order valence-electron chi connectivity index (χ3n) is 5.58. The average molecular weight is 434 g/mol. The molecule has 168 valence electrons. The summed E-state index contributed by atoms with van der Waals surface area (Å²) in [6.45, 7) is 6.61. The molecule has 0 unspecified atom stereocenters. The number of aliphatic imine (C=N–C) groups is 1. The van der Waals surface area contributed by atoms with Crippen LogP contribution in [0.25, 0.3) is 0 Å². The van der Waals surface area contributed by atoms with Gasteiger partial charge in [0, 0.05) is 52.4 Å². The molecule has 0 spiro atoms. The molecule has 0 saturated carbocycles. The van der Waals surface area contributed by atoms with Gasteiger partial charge in [0.2, 0.25) is 0 Å². The number of ether oxygens (including phenoxy) is 1. The number of benzene rings is 2. The van der Waals surface area contributed by atoms with Crippen LogP contribution in [0.5, 0.6) is 0 Å². The first-order valence-corrected chi connectivity index (χ1v) is 11.1. The quantitative estimate of drug-likeness (QED) is 0.434.